The Morgan fingerprint density at radius 3 is 3.04 bits per heavy atom. The van der Waals surface area contributed by atoms with Crippen molar-refractivity contribution in [2.24, 2.45) is 0 Å². The molecule has 5 nitrogen and oxygen atoms in total. The van der Waals surface area contributed by atoms with Crippen molar-refractivity contribution < 1.29 is 4.79 Å². The highest BCUT2D eigenvalue weighted by atomic mass is 16.2. The molecule has 2 aromatic carbocycles. The molecule has 1 aliphatic rings. The van der Waals surface area contributed by atoms with Crippen molar-refractivity contribution in [2.75, 3.05) is 5.32 Å². The summed E-state index contributed by atoms with van der Waals surface area (Å²) in [4.78, 5) is 12.4. The number of fused-ring (bicyclic) bond motifs is 2. The number of aromatic nitrogens is 2. The maximum atomic E-state index is 12.4. The summed E-state index contributed by atoms with van der Waals surface area (Å²) in [5.41, 5.74) is 5.20. The average molecular weight is 320 g/mol. The van der Waals surface area contributed by atoms with Crippen LogP contribution in [0.5, 0.6) is 0 Å². The number of hydrogen-bond donors (Lipinski definition) is 3. The van der Waals surface area contributed by atoms with Gasteiger partial charge < -0.3 is 10.6 Å². The van der Waals surface area contributed by atoms with Gasteiger partial charge in [-0.3, -0.25) is 5.10 Å². The quantitative estimate of drug-likeness (QED) is 0.666. The molecule has 122 valence electrons. The third kappa shape index (κ3) is 2.73. The zero-order valence-corrected chi connectivity index (χ0v) is 13.6. The van der Waals surface area contributed by atoms with Crippen molar-refractivity contribution in [3.63, 3.8) is 0 Å². The third-order valence-corrected chi connectivity index (χ3v) is 4.68. The fourth-order valence-corrected chi connectivity index (χ4v) is 3.45. The van der Waals surface area contributed by atoms with Crippen LogP contribution in [-0.4, -0.2) is 16.2 Å². The Morgan fingerprint density at radius 1 is 1.25 bits per heavy atom. The van der Waals surface area contributed by atoms with Crippen LogP contribution in [0.2, 0.25) is 0 Å². The van der Waals surface area contributed by atoms with Crippen LogP contribution in [0, 0.1) is 6.92 Å². The van der Waals surface area contributed by atoms with E-state index < -0.39 is 0 Å². The summed E-state index contributed by atoms with van der Waals surface area (Å²) in [5, 5.41) is 14.3. The second-order valence-corrected chi connectivity index (χ2v) is 6.32. The maximum Gasteiger partial charge on any atom is 0.319 e. The minimum Gasteiger partial charge on any atom is -0.331 e. The Kier molecular flexibility index (Phi) is 3.69. The first-order valence-corrected chi connectivity index (χ1v) is 8.31. The van der Waals surface area contributed by atoms with Gasteiger partial charge in [0, 0.05) is 16.8 Å². The lowest BCUT2D eigenvalue weighted by Crippen LogP contribution is -2.34. The topological polar surface area (TPSA) is 69.8 Å². The van der Waals surface area contributed by atoms with E-state index in [4.69, 9.17) is 0 Å². The van der Waals surface area contributed by atoms with Gasteiger partial charge in [0.05, 0.1) is 11.6 Å². The number of anilines is 1. The van der Waals surface area contributed by atoms with Gasteiger partial charge in [0.2, 0.25) is 0 Å². The van der Waals surface area contributed by atoms with Crippen molar-refractivity contribution in [1.29, 1.82) is 0 Å². The number of aromatic amines is 1. The van der Waals surface area contributed by atoms with E-state index in [1.807, 2.05) is 31.2 Å². The monoisotopic (exact) mass is 320 g/mol. The van der Waals surface area contributed by atoms with Gasteiger partial charge in [-0.25, -0.2) is 4.79 Å². The van der Waals surface area contributed by atoms with Gasteiger partial charge in [-0.05, 0) is 55.5 Å². The van der Waals surface area contributed by atoms with E-state index in [0.29, 0.717) is 0 Å². The summed E-state index contributed by atoms with van der Waals surface area (Å²) in [5.74, 6) is 0. The van der Waals surface area contributed by atoms with Crippen LogP contribution in [0.15, 0.2) is 42.5 Å². The van der Waals surface area contributed by atoms with Crippen LogP contribution in [0.4, 0.5) is 10.5 Å². The Hall–Kier alpha value is -2.82. The number of hydrogen-bond acceptors (Lipinski definition) is 2. The van der Waals surface area contributed by atoms with Crippen LogP contribution in [0.25, 0.3) is 10.9 Å². The van der Waals surface area contributed by atoms with Crippen molar-refractivity contribution in [1.82, 2.24) is 15.5 Å². The second kappa shape index (κ2) is 6.00. The van der Waals surface area contributed by atoms with Gasteiger partial charge in [-0.1, -0.05) is 24.3 Å². The van der Waals surface area contributed by atoms with E-state index in [9.17, 15) is 4.79 Å². The largest absolute Gasteiger partial charge is 0.331 e. The lowest BCUT2D eigenvalue weighted by atomic mass is 9.88. The highest BCUT2D eigenvalue weighted by Gasteiger charge is 2.21. The molecule has 0 radical (unpaired) electrons. The molecular formula is C19H20N4O. The molecule has 0 unspecified atom stereocenters. The third-order valence-electron chi connectivity index (χ3n) is 4.68. The summed E-state index contributed by atoms with van der Waals surface area (Å²) >= 11 is 0. The van der Waals surface area contributed by atoms with E-state index in [-0.39, 0.29) is 12.1 Å². The fourth-order valence-electron chi connectivity index (χ4n) is 3.45. The predicted molar refractivity (Wildman–Crippen MR) is 95.1 cm³/mol. The highest BCUT2D eigenvalue weighted by molar-refractivity contribution is 5.93. The molecule has 0 bridgehead atoms. The molecule has 4 rings (SSSR count). The SMILES string of the molecule is Cc1[nH]nc2cc(NC(=O)N[C@H]3CCCc4ccccc43)ccc12. The number of carbonyl (C=O) groups excluding carboxylic acids is 1. The van der Waals surface area contributed by atoms with Crippen LogP contribution >= 0.6 is 0 Å². The average Bonchev–Trinajstić information content (AvgIpc) is 2.96. The Bertz CT molecular complexity index is 899. The number of nitrogens with one attached hydrogen (secondary N) is 3. The number of urea groups is 1. The fraction of sp³-hybridized carbons (Fsp3) is 0.263. The van der Waals surface area contributed by atoms with Crippen LogP contribution in [0.3, 0.4) is 0 Å². The molecule has 0 aliphatic heterocycles. The molecule has 0 spiro atoms. The zero-order chi connectivity index (χ0) is 16.5. The van der Waals surface area contributed by atoms with Crippen LogP contribution in [-0.2, 0) is 6.42 Å². The lowest BCUT2D eigenvalue weighted by Gasteiger charge is -2.26. The summed E-state index contributed by atoms with van der Waals surface area (Å²) in [6.45, 7) is 1.98. The molecule has 5 heteroatoms. The second-order valence-electron chi connectivity index (χ2n) is 6.32. The molecule has 3 N–H and O–H groups in total. The number of amides is 2. The summed E-state index contributed by atoms with van der Waals surface area (Å²) in [6, 6.07) is 14.0. The van der Waals surface area contributed by atoms with Gasteiger partial charge in [0.15, 0.2) is 0 Å². The minimum atomic E-state index is -0.177. The molecule has 1 atom stereocenters. The molecule has 1 aromatic heterocycles. The van der Waals surface area contributed by atoms with Crippen LogP contribution in [0.1, 0.15) is 35.7 Å². The molecule has 0 saturated carbocycles. The van der Waals surface area contributed by atoms with Gasteiger partial charge in [-0.15, -0.1) is 0 Å². The molecule has 0 saturated heterocycles. The number of benzene rings is 2. The lowest BCUT2D eigenvalue weighted by molar-refractivity contribution is 0.247. The van der Waals surface area contributed by atoms with Crippen molar-refractivity contribution >= 4 is 22.6 Å². The van der Waals surface area contributed by atoms with E-state index in [2.05, 4.69) is 39.0 Å². The first-order valence-electron chi connectivity index (χ1n) is 8.31. The number of carbonyl (C=O) groups is 1. The van der Waals surface area contributed by atoms with Gasteiger partial charge in [-0.2, -0.15) is 5.10 Å². The van der Waals surface area contributed by atoms with Gasteiger partial charge in [0.25, 0.3) is 0 Å². The van der Waals surface area contributed by atoms with E-state index in [0.717, 1.165) is 41.5 Å². The summed E-state index contributed by atoms with van der Waals surface area (Å²) < 4.78 is 0. The van der Waals surface area contributed by atoms with E-state index in [1.165, 1.54) is 11.1 Å². The predicted octanol–water partition coefficient (Wildman–Crippen LogP) is 4.07. The summed E-state index contributed by atoms with van der Waals surface area (Å²) in [7, 11) is 0. The smallest absolute Gasteiger partial charge is 0.319 e. The Labute approximate surface area is 140 Å². The first kappa shape index (κ1) is 14.8. The van der Waals surface area contributed by atoms with E-state index >= 15 is 0 Å². The van der Waals surface area contributed by atoms with Gasteiger partial charge >= 0.3 is 6.03 Å². The normalized spacial score (nSPS) is 16.6. The van der Waals surface area contributed by atoms with Crippen molar-refractivity contribution in [3.8, 4) is 0 Å². The minimum absolute atomic E-state index is 0.0753. The Balaban J connectivity index is 1.48. The molecular weight excluding hydrogens is 300 g/mol. The Morgan fingerprint density at radius 2 is 2.12 bits per heavy atom. The molecule has 3 aromatic rings. The van der Waals surface area contributed by atoms with Gasteiger partial charge in [0.1, 0.15) is 0 Å². The number of rotatable bonds is 2. The molecule has 0 fully saturated rings. The number of H-pyrrole nitrogens is 1. The van der Waals surface area contributed by atoms with Crippen molar-refractivity contribution in [3.05, 3.63) is 59.3 Å². The standard InChI is InChI=1S/C19H20N4O/c1-12-15-10-9-14(11-18(15)23-22-12)20-19(24)21-17-8-4-6-13-5-2-3-7-16(13)17/h2-3,5,7,9-11,17H,4,6,8H2,1H3,(H,22,23)(H2,20,21,24)/t17-/m0/s1. The highest BCUT2D eigenvalue weighted by Crippen LogP contribution is 2.29. The summed E-state index contributed by atoms with van der Waals surface area (Å²) in [6.07, 6.45) is 3.16. The van der Waals surface area contributed by atoms with E-state index in [1.54, 1.807) is 0 Å². The molecule has 24 heavy (non-hydrogen) atoms. The zero-order valence-electron chi connectivity index (χ0n) is 13.6. The van der Waals surface area contributed by atoms with Crippen LogP contribution < -0.4 is 10.6 Å². The molecule has 2 amide bonds. The van der Waals surface area contributed by atoms with Crippen molar-refractivity contribution in [2.45, 2.75) is 32.2 Å². The maximum absolute atomic E-state index is 12.4. The number of nitrogens with zero attached hydrogens (tertiary/aromatic N) is 1. The first-order chi connectivity index (χ1) is 11.7. The molecule has 1 aliphatic carbocycles. The molecule has 1 heterocycles. The number of aryl methyl sites for hydroxylation is 2.